The summed E-state index contributed by atoms with van der Waals surface area (Å²) in [5.41, 5.74) is 13.0. The van der Waals surface area contributed by atoms with E-state index in [9.17, 15) is 9.18 Å². The van der Waals surface area contributed by atoms with Gasteiger partial charge in [0.15, 0.2) is 11.6 Å². The number of halogens is 1. The Balaban J connectivity index is 1.98. The predicted molar refractivity (Wildman–Crippen MR) is 101 cm³/mol. The third-order valence-corrected chi connectivity index (χ3v) is 4.55. The lowest BCUT2D eigenvalue weighted by atomic mass is 10.0. The number of aryl methyl sites for hydroxylation is 1. The van der Waals surface area contributed by atoms with Crippen LogP contribution >= 0.6 is 0 Å². The molecule has 0 spiro atoms. The van der Waals surface area contributed by atoms with Crippen LogP contribution in [0.25, 0.3) is 0 Å². The molecule has 5 N–H and O–H groups in total. The van der Waals surface area contributed by atoms with Gasteiger partial charge >= 0.3 is 0 Å². The monoisotopic (exact) mass is 374 g/mol. The van der Waals surface area contributed by atoms with Crippen LogP contribution in [0.4, 0.5) is 21.7 Å². The number of likely N-dealkylation sites (N-methyl/N-ethyl adjacent to an activating group) is 1. The molecule has 0 aromatic carbocycles. The topological polar surface area (TPSA) is 119 Å². The van der Waals surface area contributed by atoms with Gasteiger partial charge in [-0.3, -0.25) is 9.78 Å². The summed E-state index contributed by atoms with van der Waals surface area (Å²) >= 11 is 0. The van der Waals surface area contributed by atoms with Crippen LogP contribution in [0.2, 0.25) is 0 Å². The molecule has 1 aliphatic rings. The second-order valence-electron chi connectivity index (χ2n) is 6.64. The zero-order chi connectivity index (χ0) is 19.6. The smallest absolute Gasteiger partial charge is 0.252 e. The van der Waals surface area contributed by atoms with E-state index in [1.54, 1.807) is 24.3 Å². The number of amides is 1. The van der Waals surface area contributed by atoms with Crippen LogP contribution in [-0.2, 0) is 4.74 Å². The lowest BCUT2D eigenvalue weighted by Gasteiger charge is -2.36. The van der Waals surface area contributed by atoms with Gasteiger partial charge in [0, 0.05) is 31.9 Å². The summed E-state index contributed by atoms with van der Waals surface area (Å²) in [5.74, 6) is -1.16. The van der Waals surface area contributed by atoms with Crippen LogP contribution in [0.15, 0.2) is 24.5 Å². The summed E-state index contributed by atoms with van der Waals surface area (Å²) in [5, 5.41) is 3.01. The molecular weight excluding hydrogens is 351 g/mol. The van der Waals surface area contributed by atoms with Gasteiger partial charge in [-0.05, 0) is 31.0 Å². The molecule has 1 saturated heterocycles. The standard InChI is InChI=1S/C18H23FN6O2/c1-10-5-11(8-22-7-10)23-17-12(16(21)26)6-13(19)18(24-17)25(2)15-3-4-27-9-14(15)20/h5-8,14-15H,3-4,9,20H2,1-2H3,(H2,21,26)(H,23,24). The van der Waals surface area contributed by atoms with E-state index in [0.29, 0.717) is 25.3 Å². The summed E-state index contributed by atoms with van der Waals surface area (Å²) in [7, 11) is 1.73. The van der Waals surface area contributed by atoms with Gasteiger partial charge in [0.1, 0.15) is 5.82 Å². The number of hydrogen-bond donors (Lipinski definition) is 3. The maximum Gasteiger partial charge on any atom is 0.252 e. The van der Waals surface area contributed by atoms with E-state index in [0.717, 1.165) is 11.6 Å². The van der Waals surface area contributed by atoms with Gasteiger partial charge in [-0.2, -0.15) is 0 Å². The molecule has 2 aromatic heterocycles. The molecule has 1 amide bonds. The SMILES string of the molecule is Cc1cncc(Nc2nc(N(C)C3CCOCC3N)c(F)cc2C(N)=O)c1. The molecule has 0 bridgehead atoms. The number of carbonyl (C=O) groups is 1. The summed E-state index contributed by atoms with van der Waals surface area (Å²) in [6.07, 6.45) is 3.94. The van der Waals surface area contributed by atoms with Crippen LogP contribution in [0, 0.1) is 12.7 Å². The van der Waals surface area contributed by atoms with E-state index < -0.39 is 11.7 Å². The van der Waals surface area contributed by atoms with Crippen molar-refractivity contribution >= 4 is 23.2 Å². The van der Waals surface area contributed by atoms with Crippen LogP contribution in [0.1, 0.15) is 22.3 Å². The number of nitrogens with two attached hydrogens (primary N) is 2. The van der Waals surface area contributed by atoms with E-state index in [4.69, 9.17) is 16.2 Å². The Bertz CT molecular complexity index is 847. The molecule has 9 heteroatoms. The second-order valence-corrected chi connectivity index (χ2v) is 6.64. The molecule has 27 heavy (non-hydrogen) atoms. The van der Waals surface area contributed by atoms with Crippen molar-refractivity contribution < 1.29 is 13.9 Å². The van der Waals surface area contributed by atoms with Crippen molar-refractivity contribution in [2.75, 3.05) is 30.5 Å². The van der Waals surface area contributed by atoms with Crippen molar-refractivity contribution in [3.05, 3.63) is 41.5 Å². The van der Waals surface area contributed by atoms with E-state index in [-0.39, 0.29) is 29.3 Å². The average molecular weight is 374 g/mol. The van der Waals surface area contributed by atoms with E-state index in [2.05, 4.69) is 15.3 Å². The summed E-state index contributed by atoms with van der Waals surface area (Å²) in [6, 6.07) is 2.53. The number of ether oxygens (including phenoxy) is 1. The Kier molecular flexibility index (Phi) is 5.52. The average Bonchev–Trinajstić information content (AvgIpc) is 2.62. The predicted octanol–water partition coefficient (Wildman–Crippen LogP) is 1.32. The Morgan fingerprint density at radius 2 is 2.19 bits per heavy atom. The molecule has 8 nitrogen and oxygen atoms in total. The quantitative estimate of drug-likeness (QED) is 0.722. The number of pyridine rings is 2. The summed E-state index contributed by atoms with van der Waals surface area (Å²) in [6.45, 7) is 2.83. The second kappa shape index (κ2) is 7.85. The van der Waals surface area contributed by atoms with E-state index >= 15 is 0 Å². The first-order valence-electron chi connectivity index (χ1n) is 8.62. The van der Waals surface area contributed by atoms with Gasteiger partial charge in [-0.15, -0.1) is 0 Å². The van der Waals surface area contributed by atoms with Gasteiger partial charge in [0.25, 0.3) is 5.91 Å². The number of hydrogen-bond acceptors (Lipinski definition) is 7. The van der Waals surface area contributed by atoms with Crippen molar-refractivity contribution in [1.82, 2.24) is 9.97 Å². The third kappa shape index (κ3) is 4.15. The lowest BCUT2D eigenvalue weighted by molar-refractivity contribution is 0.0696. The normalized spacial score (nSPS) is 19.6. The zero-order valence-corrected chi connectivity index (χ0v) is 15.3. The molecule has 0 radical (unpaired) electrons. The fraction of sp³-hybridized carbons (Fsp3) is 0.389. The first-order chi connectivity index (χ1) is 12.9. The van der Waals surface area contributed by atoms with Gasteiger partial charge in [-0.25, -0.2) is 9.37 Å². The molecule has 1 aliphatic heterocycles. The number of nitrogens with one attached hydrogen (secondary N) is 1. The van der Waals surface area contributed by atoms with Gasteiger partial charge < -0.3 is 26.4 Å². The Morgan fingerprint density at radius 3 is 2.85 bits per heavy atom. The van der Waals surface area contributed by atoms with Gasteiger partial charge in [0.2, 0.25) is 0 Å². The van der Waals surface area contributed by atoms with Crippen LogP contribution in [0.5, 0.6) is 0 Å². The number of aromatic nitrogens is 2. The van der Waals surface area contributed by atoms with Crippen molar-refractivity contribution in [2.24, 2.45) is 11.5 Å². The molecule has 0 aliphatic carbocycles. The van der Waals surface area contributed by atoms with E-state index in [1.807, 2.05) is 13.0 Å². The summed E-state index contributed by atoms with van der Waals surface area (Å²) in [4.78, 5) is 21.9. The maximum absolute atomic E-state index is 14.7. The molecule has 1 fully saturated rings. The highest BCUT2D eigenvalue weighted by Crippen LogP contribution is 2.28. The molecule has 2 atom stereocenters. The Hall–Kier alpha value is -2.78. The molecule has 3 rings (SSSR count). The minimum Gasteiger partial charge on any atom is -0.380 e. The molecule has 2 aromatic rings. The fourth-order valence-corrected chi connectivity index (χ4v) is 3.16. The fourth-order valence-electron chi connectivity index (χ4n) is 3.16. The van der Waals surface area contributed by atoms with Gasteiger partial charge in [-0.1, -0.05) is 0 Å². The molecule has 3 heterocycles. The number of nitrogens with zero attached hydrogens (tertiary/aromatic N) is 3. The number of primary amides is 1. The number of carbonyl (C=O) groups excluding carboxylic acids is 1. The third-order valence-electron chi connectivity index (χ3n) is 4.55. The molecule has 2 unspecified atom stereocenters. The highest BCUT2D eigenvalue weighted by atomic mass is 19.1. The highest BCUT2D eigenvalue weighted by molar-refractivity contribution is 5.98. The Morgan fingerprint density at radius 1 is 1.41 bits per heavy atom. The minimum absolute atomic E-state index is 0.0394. The van der Waals surface area contributed by atoms with Crippen molar-refractivity contribution in [2.45, 2.75) is 25.4 Å². The number of anilines is 3. The van der Waals surface area contributed by atoms with E-state index in [1.165, 1.54) is 0 Å². The first-order valence-corrected chi connectivity index (χ1v) is 8.62. The zero-order valence-electron chi connectivity index (χ0n) is 15.3. The summed E-state index contributed by atoms with van der Waals surface area (Å²) < 4.78 is 20.0. The van der Waals surface area contributed by atoms with Crippen LogP contribution < -0.4 is 21.7 Å². The molecule has 144 valence electrons. The largest absolute Gasteiger partial charge is 0.380 e. The first kappa shape index (κ1) is 19.0. The van der Waals surface area contributed by atoms with Crippen molar-refractivity contribution in [3.63, 3.8) is 0 Å². The lowest BCUT2D eigenvalue weighted by Crippen LogP contribution is -2.52. The molecule has 0 saturated carbocycles. The molecular formula is C18H23FN6O2. The maximum atomic E-state index is 14.7. The Labute approximate surface area is 156 Å². The van der Waals surface area contributed by atoms with Gasteiger partial charge in [0.05, 0.1) is 24.1 Å². The van der Waals surface area contributed by atoms with Crippen LogP contribution in [-0.4, -0.2) is 48.2 Å². The van der Waals surface area contributed by atoms with Crippen molar-refractivity contribution in [1.29, 1.82) is 0 Å². The van der Waals surface area contributed by atoms with Crippen LogP contribution in [0.3, 0.4) is 0 Å². The number of rotatable bonds is 5. The minimum atomic E-state index is -0.776. The highest BCUT2D eigenvalue weighted by Gasteiger charge is 2.29. The van der Waals surface area contributed by atoms with Crippen molar-refractivity contribution in [3.8, 4) is 0 Å².